The fourth-order valence-corrected chi connectivity index (χ4v) is 2.84. The molecule has 0 aromatic heterocycles. The van der Waals surface area contributed by atoms with Gasteiger partial charge in [0.1, 0.15) is 11.8 Å². The molecule has 0 saturated heterocycles. The molecule has 5 heteroatoms. The van der Waals surface area contributed by atoms with E-state index in [9.17, 15) is 15.0 Å². The van der Waals surface area contributed by atoms with Crippen molar-refractivity contribution in [1.82, 2.24) is 5.32 Å². The number of nitrogens with zero attached hydrogens (tertiary/aromatic N) is 1. The maximum Gasteiger partial charge on any atom is 0.243 e. The zero-order valence-corrected chi connectivity index (χ0v) is 12.1. The molecule has 1 aromatic carbocycles. The van der Waals surface area contributed by atoms with Crippen molar-refractivity contribution in [1.29, 1.82) is 0 Å². The van der Waals surface area contributed by atoms with Gasteiger partial charge in [0.2, 0.25) is 5.91 Å². The number of hydrogen-bond donors (Lipinski definition) is 3. The van der Waals surface area contributed by atoms with E-state index in [0.717, 1.165) is 11.3 Å². The molecule has 20 heavy (non-hydrogen) atoms. The number of fused-ring (bicyclic) bond motifs is 1. The third-order valence-electron chi connectivity index (χ3n) is 3.80. The zero-order chi connectivity index (χ0) is 14.9. The summed E-state index contributed by atoms with van der Waals surface area (Å²) in [4.78, 5) is 14.3. The number of aromatic hydroxyl groups is 1. The van der Waals surface area contributed by atoms with E-state index >= 15 is 0 Å². The molecule has 0 spiro atoms. The van der Waals surface area contributed by atoms with Crippen molar-refractivity contribution in [3.05, 3.63) is 23.8 Å². The van der Waals surface area contributed by atoms with Crippen LogP contribution < -0.4 is 10.2 Å². The van der Waals surface area contributed by atoms with Crippen LogP contribution in [0.4, 0.5) is 5.69 Å². The Kier molecular flexibility index (Phi) is 4.18. The Morgan fingerprint density at radius 3 is 2.75 bits per heavy atom. The molecule has 1 heterocycles. The highest BCUT2D eigenvalue weighted by Crippen LogP contribution is 2.30. The summed E-state index contributed by atoms with van der Waals surface area (Å²) in [6, 6.07) is 4.54. The second-order valence-corrected chi connectivity index (χ2v) is 5.70. The molecule has 1 amide bonds. The molecule has 110 valence electrons. The Hall–Kier alpha value is -1.75. The van der Waals surface area contributed by atoms with Gasteiger partial charge in [-0.25, -0.2) is 0 Å². The predicted octanol–water partition coefficient (Wildman–Crippen LogP) is 0.886. The van der Waals surface area contributed by atoms with Gasteiger partial charge in [-0.2, -0.15) is 0 Å². The first-order valence-corrected chi connectivity index (χ1v) is 6.90. The van der Waals surface area contributed by atoms with E-state index in [1.54, 1.807) is 12.1 Å². The van der Waals surface area contributed by atoms with E-state index in [2.05, 4.69) is 5.32 Å². The zero-order valence-electron chi connectivity index (χ0n) is 12.1. The van der Waals surface area contributed by atoms with Crippen molar-refractivity contribution in [2.75, 3.05) is 18.6 Å². The average molecular weight is 278 g/mol. The summed E-state index contributed by atoms with van der Waals surface area (Å²) in [6.45, 7) is 3.87. The number of phenols is 1. The molecular formula is C15H22N2O3. The number of rotatable bonds is 2. The van der Waals surface area contributed by atoms with Gasteiger partial charge in [0.05, 0.1) is 12.6 Å². The Morgan fingerprint density at radius 1 is 1.45 bits per heavy atom. The molecule has 1 aromatic rings. The van der Waals surface area contributed by atoms with Crippen molar-refractivity contribution in [2.45, 2.75) is 32.4 Å². The number of carbonyl (C=O) groups is 1. The summed E-state index contributed by atoms with van der Waals surface area (Å²) >= 11 is 0. The summed E-state index contributed by atoms with van der Waals surface area (Å²) < 4.78 is 0. The number of aliphatic hydroxyl groups is 1. The Labute approximate surface area is 119 Å². The van der Waals surface area contributed by atoms with Gasteiger partial charge in [0.25, 0.3) is 0 Å². The minimum absolute atomic E-state index is 0.0875. The van der Waals surface area contributed by atoms with Crippen LogP contribution in [0.3, 0.4) is 0 Å². The van der Waals surface area contributed by atoms with Crippen LogP contribution in [0.5, 0.6) is 5.75 Å². The van der Waals surface area contributed by atoms with Crippen LogP contribution in [0.15, 0.2) is 18.2 Å². The van der Waals surface area contributed by atoms with Gasteiger partial charge in [-0.1, -0.05) is 19.9 Å². The van der Waals surface area contributed by atoms with Gasteiger partial charge in [0, 0.05) is 18.8 Å². The second-order valence-electron chi connectivity index (χ2n) is 5.70. The van der Waals surface area contributed by atoms with E-state index in [4.69, 9.17) is 0 Å². The molecule has 0 aliphatic carbocycles. The van der Waals surface area contributed by atoms with E-state index in [1.165, 1.54) is 0 Å². The number of likely N-dealkylation sites (N-methyl/N-ethyl adjacent to an activating group) is 1. The maximum absolute atomic E-state index is 12.4. The number of anilines is 1. The molecule has 0 radical (unpaired) electrons. The summed E-state index contributed by atoms with van der Waals surface area (Å²) in [5, 5.41) is 22.0. The second kappa shape index (κ2) is 5.71. The lowest BCUT2D eigenvalue weighted by Crippen LogP contribution is -2.54. The Bertz CT molecular complexity index is 502. The molecule has 5 nitrogen and oxygen atoms in total. The Morgan fingerprint density at radius 2 is 2.15 bits per heavy atom. The summed E-state index contributed by atoms with van der Waals surface area (Å²) in [5.74, 6) is 0.211. The van der Waals surface area contributed by atoms with Crippen molar-refractivity contribution in [3.63, 3.8) is 0 Å². The molecule has 0 bridgehead atoms. The number of amides is 1. The van der Waals surface area contributed by atoms with E-state index in [1.807, 2.05) is 31.9 Å². The lowest BCUT2D eigenvalue weighted by molar-refractivity contribution is -0.124. The summed E-state index contributed by atoms with van der Waals surface area (Å²) in [6.07, 6.45) is 0.549. The van der Waals surface area contributed by atoms with Crippen LogP contribution >= 0.6 is 0 Å². The van der Waals surface area contributed by atoms with Crippen LogP contribution in [-0.4, -0.2) is 41.9 Å². The smallest absolute Gasteiger partial charge is 0.243 e. The number of phenolic OH excluding ortho intramolecular Hbond substituents is 1. The van der Waals surface area contributed by atoms with Crippen molar-refractivity contribution >= 4 is 11.6 Å². The molecule has 0 saturated carbocycles. The lowest BCUT2D eigenvalue weighted by Gasteiger charge is -2.37. The molecule has 2 rings (SSSR count). The van der Waals surface area contributed by atoms with Gasteiger partial charge in [-0.3, -0.25) is 4.79 Å². The summed E-state index contributed by atoms with van der Waals surface area (Å²) in [5.41, 5.74) is 1.85. The SMILES string of the molecule is CC(C)C1C(=O)NC(CO)Cc2ccc(O)cc2N1C. The Balaban J connectivity index is 2.50. The predicted molar refractivity (Wildman–Crippen MR) is 77.9 cm³/mol. The molecule has 3 N–H and O–H groups in total. The quantitative estimate of drug-likeness (QED) is 0.751. The van der Waals surface area contributed by atoms with E-state index in [-0.39, 0.29) is 36.3 Å². The fraction of sp³-hybridized carbons (Fsp3) is 0.533. The molecule has 2 atom stereocenters. The first-order valence-electron chi connectivity index (χ1n) is 6.90. The molecule has 1 aliphatic rings. The minimum atomic E-state index is -0.329. The number of nitrogens with one attached hydrogen (secondary N) is 1. The van der Waals surface area contributed by atoms with E-state index in [0.29, 0.717) is 6.42 Å². The van der Waals surface area contributed by atoms with Crippen molar-refractivity contribution in [2.24, 2.45) is 5.92 Å². The highest BCUT2D eigenvalue weighted by Gasteiger charge is 2.32. The van der Waals surface area contributed by atoms with Crippen molar-refractivity contribution in [3.8, 4) is 5.75 Å². The normalized spacial score (nSPS) is 23.1. The first-order chi connectivity index (χ1) is 9.43. The molecule has 0 fully saturated rings. The van der Waals surface area contributed by atoms with Crippen molar-refractivity contribution < 1.29 is 15.0 Å². The van der Waals surface area contributed by atoms with Crippen LogP contribution in [0.1, 0.15) is 19.4 Å². The average Bonchev–Trinajstić information content (AvgIpc) is 2.38. The molecular weight excluding hydrogens is 256 g/mol. The summed E-state index contributed by atoms with van der Waals surface area (Å²) in [7, 11) is 1.86. The fourth-order valence-electron chi connectivity index (χ4n) is 2.84. The third kappa shape index (κ3) is 2.72. The van der Waals surface area contributed by atoms with Gasteiger partial charge in [-0.15, -0.1) is 0 Å². The van der Waals surface area contributed by atoms with E-state index < -0.39 is 0 Å². The maximum atomic E-state index is 12.4. The van der Waals surface area contributed by atoms with Gasteiger partial charge in [0.15, 0.2) is 0 Å². The first kappa shape index (κ1) is 14.7. The number of benzene rings is 1. The topological polar surface area (TPSA) is 72.8 Å². The number of hydrogen-bond acceptors (Lipinski definition) is 4. The number of carbonyl (C=O) groups excluding carboxylic acids is 1. The largest absolute Gasteiger partial charge is 0.508 e. The van der Waals surface area contributed by atoms with Gasteiger partial charge < -0.3 is 20.4 Å². The van der Waals surface area contributed by atoms with Crippen LogP contribution in [0.2, 0.25) is 0 Å². The molecule has 2 unspecified atom stereocenters. The lowest BCUT2D eigenvalue weighted by atomic mass is 9.95. The minimum Gasteiger partial charge on any atom is -0.508 e. The van der Waals surface area contributed by atoms with Crippen LogP contribution in [-0.2, 0) is 11.2 Å². The van der Waals surface area contributed by atoms with Crippen LogP contribution in [0.25, 0.3) is 0 Å². The number of aliphatic hydroxyl groups excluding tert-OH is 1. The highest BCUT2D eigenvalue weighted by atomic mass is 16.3. The highest BCUT2D eigenvalue weighted by molar-refractivity contribution is 5.86. The standard InChI is InChI=1S/C15H22N2O3/c1-9(2)14-15(20)16-11(8-18)6-10-4-5-12(19)7-13(10)17(14)3/h4-5,7,9,11,14,18-19H,6,8H2,1-3H3,(H,16,20). The van der Waals surface area contributed by atoms with Gasteiger partial charge >= 0.3 is 0 Å². The van der Waals surface area contributed by atoms with Crippen LogP contribution in [0, 0.1) is 5.92 Å². The monoisotopic (exact) mass is 278 g/mol. The molecule has 1 aliphatic heterocycles. The third-order valence-corrected chi connectivity index (χ3v) is 3.80. The van der Waals surface area contributed by atoms with Gasteiger partial charge in [-0.05, 0) is 24.0 Å².